The van der Waals surface area contributed by atoms with Crippen LogP contribution in [0.25, 0.3) is 0 Å². The van der Waals surface area contributed by atoms with Crippen LogP contribution in [0, 0.1) is 11.6 Å². The highest BCUT2D eigenvalue weighted by molar-refractivity contribution is 5.94. The van der Waals surface area contributed by atoms with Crippen LogP contribution in [-0.2, 0) is 11.2 Å². The molecule has 0 spiro atoms. The standard InChI is InChI=1S/C22H20F4N2O5/c23-13-2-3-16(12-1-4-19(29)27-20(12)13)31-11-21(30)5-7-28(8-6-21)15-10-18-17(9-14(15)24)32-22(25,26)33-18/h2-3,9-10,30H,1,4-8,11H2,(H,27,29). The first-order chi connectivity index (χ1) is 15.6. The van der Waals surface area contributed by atoms with Crippen molar-refractivity contribution in [3.8, 4) is 17.2 Å². The highest BCUT2D eigenvalue weighted by atomic mass is 19.3. The van der Waals surface area contributed by atoms with E-state index in [2.05, 4.69) is 14.8 Å². The van der Waals surface area contributed by atoms with E-state index in [0.29, 0.717) is 17.7 Å². The number of aliphatic hydroxyl groups is 1. The third-order valence-corrected chi connectivity index (χ3v) is 6.09. The number of nitrogens with zero attached hydrogens (tertiary/aromatic N) is 1. The largest absolute Gasteiger partial charge is 0.586 e. The average molecular weight is 468 g/mol. The minimum Gasteiger partial charge on any atom is -0.490 e. The van der Waals surface area contributed by atoms with Gasteiger partial charge in [-0.1, -0.05) is 0 Å². The van der Waals surface area contributed by atoms with Crippen molar-refractivity contribution in [2.24, 2.45) is 0 Å². The summed E-state index contributed by atoms with van der Waals surface area (Å²) in [6.07, 6.45) is -2.87. The summed E-state index contributed by atoms with van der Waals surface area (Å²) >= 11 is 0. The van der Waals surface area contributed by atoms with Gasteiger partial charge in [0.2, 0.25) is 5.91 Å². The molecule has 7 nitrogen and oxygen atoms in total. The predicted molar refractivity (Wildman–Crippen MR) is 108 cm³/mol. The van der Waals surface area contributed by atoms with Crippen molar-refractivity contribution in [2.45, 2.75) is 37.6 Å². The number of ether oxygens (including phenoxy) is 3. The monoisotopic (exact) mass is 468 g/mol. The molecule has 3 heterocycles. The quantitative estimate of drug-likeness (QED) is 0.668. The molecule has 2 N–H and O–H groups in total. The number of hydrogen-bond donors (Lipinski definition) is 2. The zero-order chi connectivity index (χ0) is 23.4. The second-order valence-corrected chi connectivity index (χ2v) is 8.37. The summed E-state index contributed by atoms with van der Waals surface area (Å²) in [6, 6.07) is 4.66. The molecule has 33 heavy (non-hydrogen) atoms. The summed E-state index contributed by atoms with van der Waals surface area (Å²) in [5.41, 5.74) is -0.527. The molecule has 0 atom stereocenters. The number of nitrogens with one attached hydrogen (secondary N) is 1. The molecular weight excluding hydrogens is 448 g/mol. The number of fused-ring (bicyclic) bond motifs is 2. The highest BCUT2D eigenvalue weighted by Crippen LogP contribution is 2.45. The molecule has 0 aromatic heterocycles. The maximum Gasteiger partial charge on any atom is 0.586 e. The second kappa shape index (κ2) is 7.68. The maximum absolute atomic E-state index is 14.5. The SMILES string of the molecule is O=C1CCc2c(OCC3(O)CCN(c4cc5c(cc4F)OC(F)(F)O5)CC3)ccc(F)c2N1. The van der Waals surface area contributed by atoms with E-state index in [1.165, 1.54) is 12.1 Å². The first-order valence-electron chi connectivity index (χ1n) is 10.4. The average Bonchev–Trinajstić information content (AvgIpc) is 3.06. The molecule has 1 amide bonds. The van der Waals surface area contributed by atoms with E-state index in [9.17, 15) is 27.5 Å². The first-order valence-corrected chi connectivity index (χ1v) is 10.4. The van der Waals surface area contributed by atoms with Gasteiger partial charge in [-0.25, -0.2) is 8.78 Å². The Balaban J connectivity index is 1.25. The Labute approximate surface area is 185 Å². The van der Waals surface area contributed by atoms with Gasteiger partial charge in [0.15, 0.2) is 11.5 Å². The lowest BCUT2D eigenvalue weighted by Gasteiger charge is -2.39. The summed E-state index contributed by atoms with van der Waals surface area (Å²) in [7, 11) is 0. The number of hydrogen-bond acceptors (Lipinski definition) is 6. The lowest BCUT2D eigenvalue weighted by atomic mass is 9.92. The van der Waals surface area contributed by atoms with Gasteiger partial charge >= 0.3 is 6.29 Å². The maximum atomic E-state index is 14.5. The van der Waals surface area contributed by atoms with Crippen LogP contribution >= 0.6 is 0 Å². The van der Waals surface area contributed by atoms with Crippen molar-refractivity contribution in [3.05, 3.63) is 41.5 Å². The molecule has 3 aliphatic rings. The lowest BCUT2D eigenvalue weighted by molar-refractivity contribution is -0.286. The molecular formula is C22H20F4N2O5. The fraction of sp³-hybridized carbons (Fsp3) is 0.409. The number of amides is 1. The van der Waals surface area contributed by atoms with E-state index < -0.39 is 23.5 Å². The van der Waals surface area contributed by atoms with E-state index in [-0.39, 0.29) is 67.7 Å². The Hall–Kier alpha value is -3.21. The molecule has 3 aliphatic heterocycles. The number of anilines is 2. The van der Waals surface area contributed by atoms with Gasteiger partial charge in [0, 0.05) is 37.2 Å². The second-order valence-electron chi connectivity index (χ2n) is 8.37. The minimum atomic E-state index is -3.84. The Kier molecular flexibility index (Phi) is 5.04. The van der Waals surface area contributed by atoms with Crippen molar-refractivity contribution in [3.63, 3.8) is 0 Å². The van der Waals surface area contributed by atoms with Crippen molar-refractivity contribution in [2.75, 3.05) is 29.9 Å². The lowest BCUT2D eigenvalue weighted by Crippen LogP contribution is -2.48. The number of halogens is 4. The normalized spacial score (nSPS) is 20.3. The predicted octanol–water partition coefficient (Wildman–Crippen LogP) is 3.58. The first kappa shape index (κ1) is 21.6. The van der Waals surface area contributed by atoms with Crippen molar-refractivity contribution < 1.29 is 41.7 Å². The van der Waals surface area contributed by atoms with Gasteiger partial charge in [-0.3, -0.25) is 4.79 Å². The molecule has 2 aromatic rings. The third-order valence-electron chi connectivity index (χ3n) is 6.09. The molecule has 2 aromatic carbocycles. The fourth-order valence-electron chi connectivity index (χ4n) is 4.28. The number of carbonyl (C=O) groups is 1. The Morgan fingerprint density at radius 2 is 1.76 bits per heavy atom. The summed E-state index contributed by atoms with van der Waals surface area (Å²) in [5, 5.41) is 13.5. The third kappa shape index (κ3) is 4.12. The van der Waals surface area contributed by atoms with Crippen molar-refractivity contribution >= 4 is 17.3 Å². The van der Waals surface area contributed by atoms with Crippen LogP contribution in [0.15, 0.2) is 24.3 Å². The van der Waals surface area contributed by atoms with Gasteiger partial charge in [0.1, 0.15) is 29.6 Å². The van der Waals surface area contributed by atoms with Gasteiger partial charge < -0.3 is 29.5 Å². The molecule has 0 aliphatic carbocycles. The number of benzene rings is 2. The van der Waals surface area contributed by atoms with Crippen LogP contribution < -0.4 is 24.4 Å². The number of rotatable bonds is 4. The van der Waals surface area contributed by atoms with Crippen LogP contribution in [0.2, 0.25) is 0 Å². The fourth-order valence-corrected chi connectivity index (χ4v) is 4.28. The van der Waals surface area contributed by atoms with Gasteiger partial charge in [-0.05, 0) is 31.4 Å². The van der Waals surface area contributed by atoms with Gasteiger partial charge in [0.25, 0.3) is 0 Å². The van der Waals surface area contributed by atoms with Gasteiger partial charge in [-0.2, -0.15) is 0 Å². The number of alkyl halides is 2. The summed E-state index contributed by atoms with van der Waals surface area (Å²) in [5.74, 6) is -1.82. The molecule has 11 heteroatoms. The highest BCUT2D eigenvalue weighted by Gasteiger charge is 2.44. The molecule has 0 saturated carbocycles. The van der Waals surface area contributed by atoms with E-state index >= 15 is 0 Å². The van der Waals surface area contributed by atoms with Crippen LogP contribution in [0.4, 0.5) is 28.9 Å². The minimum absolute atomic E-state index is 0.0707. The Bertz CT molecular complexity index is 1120. The summed E-state index contributed by atoms with van der Waals surface area (Å²) in [6.45, 7) is 0.400. The molecule has 1 saturated heterocycles. The van der Waals surface area contributed by atoms with Crippen molar-refractivity contribution in [1.29, 1.82) is 0 Å². The summed E-state index contributed by atoms with van der Waals surface area (Å²) < 4.78 is 69.5. The molecule has 1 fully saturated rings. The molecule has 0 bridgehead atoms. The van der Waals surface area contributed by atoms with Crippen LogP contribution in [-0.4, -0.2) is 42.6 Å². The van der Waals surface area contributed by atoms with Gasteiger partial charge in [-0.15, -0.1) is 8.78 Å². The Morgan fingerprint density at radius 1 is 1.06 bits per heavy atom. The smallest absolute Gasteiger partial charge is 0.490 e. The topological polar surface area (TPSA) is 80.3 Å². The molecule has 0 unspecified atom stereocenters. The molecule has 0 radical (unpaired) electrons. The number of carbonyl (C=O) groups excluding carboxylic acids is 1. The van der Waals surface area contributed by atoms with Crippen LogP contribution in [0.3, 0.4) is 0 Å². The summed E-state index contributed by atoms with van der Waals surface area (Å²) in [4.78, 5) is 13.2. The van der Waals surface area contributed by atoms with E-state index in [1.807, 2.05) is 0 Å². The van der Waals surface area contributed by atoms with E-state index in [4.69, 9.17) is 4.74 Å². The van der Waals surface area contributed by atoms with Crippen LogP contribution in [0.5, 0.6) is 17.2 Å². The Morgan fingerprint density at radius 3 is 2.48 bits per heavy atom. The number of piperidine rings is 1. The zero-order valence-electron chi connectivity index (χ0n) is 17.3. The van der Waals surface area contributed by atoms with Crippen molar-refractivity contribution in [1.82, 2.24) is 0 Å². The zero-order valence-corrected chi connectivity index (χ0v) is 17.3. The van der Waals surface area contributed by atoms with Crippen LogP contribution in [0.1, 0.15) is 24.8 Å². The molecule has 176 valence electrons. The van der Waals surface area contributed by atoms with Gasteiger partial charge in [0.05, 0.1) is 11.4 Å². The molecule has 5 rings (SSSR count). The van der Waals surface area contributed by atoms with E-state index in [1.54, 1.807) is 4.90 Å². The van der Waals surface area contributed by atoms with E-state index in [0.717, 1.165) is 12.1 Å².